The number of carbonyl (C=O) groups excluding carboxylic acids is 1. The van der Waals surface area contributed by atoms with Gasteiger partial charge in [-0.25, -0.2) is 4.98 Å². The van der Waals surface area contributed by atoms with Gasteiger partial charge in [-0.3, -0.25) is 13.9 Å². The number of hydrogen-bond acceptors (Lipinski definition) is 5. The number of para-hydroxylation sites is 3. The van der Waals surface area contributed by atoms with Crippen LogP contribution in [-0.2, 0) is 20.9 Å². The lowest BCUT2D eigenvalue weighted by Crippen LogP contribution is -2.21. The van der Waals surface area contributed by atoms with Crippen LogP contribution in [0.5, 0.6) is 0 Å². The quantitative estimate of drug-likeness (QED) is 0.166. The molecular weight excluding hydrogens is 551 g/mol. The number of amides is 1. The normalized spacial score (nSPS) is 12.1. The Kier molecular flexibility index (Phi) is 7.66. The van der Waals surface area contributed by atoms with E-state index in [0.29, 0.717) is 46.6 Å². The first-order valence-corrected chi connectivity index (χ1v) is 14.7. The summed E-state index contributed by atoms with van der Waals surface area (Å²) in [6.45, 7) is 2.92. The molecule has 0 atom stereocenters. The zero-order chi connectivity index (χ0) is 28.5. The molecule has 0 aliphatic heterocycles. The fourth-order valence-corrected chi connectivity index (χ4v) is 5.10. The number of hydrogen-bond donors (Lipinski definition) is 3. The SMILES string of the molecule is CC(C)(c1ccccc1NC(=O)CCCc1oc(-n2cnc3ccccc32)nc1-c1ccc(Cl)cc1)P(=O)(O)O. The maximum absolute atomic E-state index is 12.9. The fourth-order valence-electron chi connectivity index (χ4n) is 4.46. The number of nitrogens with one attached hydrogen (secondary N) is 1. The zero-order valence-electron chi connectivity index (χ0n) is 21.9. The summed E-state index contributed by atoms with van der Waals surface area (Å²) in [6, 6.07) is 22.0. The average Bonchev–Trinajstić information content (AvgIpc) is 3.53. The van der Waals surface area contributed by atoms with Gasteiger partial charge in [0.2, 0.25) is 5.91 Å². The Labute approximate surface area is 236 Å². The van der Waals surface area contributed by atoms with Gasteiger partial charge in [0.25, 0.3) is 0 Å². The predicted octanol–water partition coefficient (Wildman–Crippen LogP) is 6.71. The molecule has 0 spiro atoms. The van der Waals surface area contributed by atoms with Crippen molar-refractivity contribution >= 4 is 41.8 Å². The van der Waals surface area contributed by atoms with Crippen molar-refractivity contribution in [3.63, 3.8) is 0 Å². The number of carbonyl (C=O) groups is 1. The molecule has 0 aliphatic carbocycles. The maximum atomic E-state index is 12.9. The highest BCUT2D eigenvalue weighted by molar-refractivity contribution is 7.53. The molecule has 3 N–H and O–H groups in total. The van der Waals surface area contributed by atoms with E-state index < -0.39 is 12.8 Å². The van der Waals surface area contributed by atoms with E-state index >= 15 is 0 Å². The molecule has 9 nitrogen and oxygen atoms in total. The van der Waals surface area contributed by atoms with E-state index in [1.807, 2.05) is 36.4 Å². The molecule has 11 heteroatoms. The van der Waals surface area contributed by atoms with Crippen LogP contribution in [0.2, 0.25) is 5.02 Å². The summed E-state index contributed by atoms with van der Waals surface area (Å²) < 4.78 is 20.1. The van der Waals surface area contributed by atoms with Crippen LogP contribution in [0.1, 0.15) is 38.0 Å². The fraction of sp³-hybridized carbons (Fsp3) is 0.207. The minimum absolute atomic E-state index is 0.161. The Balaban J connectivity index is 1.36. The largest absolute Gasteiger partial charge is 0.427 e. The van der Waals surface area contributed by atoms with Crippen LogP contribution in [0.4, 0.5) is 5.69 Å². The van der Waals surface area contributed by atoms with Gasteiger partial charge < -0.3 is 19.5 Å². The number of fused-ring (bicyclic) bond motifs is 1. The van der Waals surface area contributed by atoms with Crippen LogP contribution >= 0.6 is 19.2 Å². The van der Waals surface area contributed by atoms with Crippen molar-refractivity contribution in [2.75, 3.05) is 5.32 Å². The minimum Gasteiger partial charge on any atom is -0.427 e. The third kappa shape index (κ3) is 5.60. The van der Waals surface area contributed by atoms with E-state index in [9.17, 15) is 19.1 Å². The Bertz CT molecular complexity index is 1720. The van der Waals surface area contributed by atoms with Gasteiger partial charge in [0, 0.05) is 29.1 Å². The lowest BCUT2D eigenvalue weighted by atomic mass is 10.00. The first kappa shape index (κ1) is 27.8. The molecule has 5 rings (SSSR count). The highest BCUT2D eigenvalue weighted by atomic mass is 35.5. The summed E-state index contributed by atoms with van der Waals surface area (Å²) >= 11 is 6.10. The monoisotopic (exact) mass is 578 g/mol. The van der Waals surface area contributed by atoms with Crippen molar-refractivity contribution in [3.8, 4) is 17.3 Å². The van der Waals surface area contributed by atoms with Crippen LogP contribution in [0, 0.1) is 0 Å². The molecule has 0 radical (unpaired) electrons. The van der Waals surface area contributed by atoms with Crippen molar-refractivity contribution in [1.82, 2.24) is 14.5 Å². The second-order valence-corrected chi connectivity index (χ2v) is 12.6. The van der Waals surface area contributed by atoms with E-state index in [1.54, 1.807) is 47.3 Å². The van der Waals surface area contributed by atoms with Crippen molar-refractivity contribution in [1.29, 1.82) is 0 Å². The molecule has 0 unspecified atom stereocenters. The molecular formula is C29H28ClN4O5P. The molecule has 2 heterocycles. The number of aryl methyl sites for hydroxylation is 1. The number of aromatic nitrogens is 3. The van der Waals surface area contributed by atoms with Crippen LogP contribution in [-0.4, -0.2) is 30.2 Å². The molecule has 0 saturated heterocycles. The van der Waals surface area contributed by atoms with Crippen LogP contribution < -0.4 is 5.32 Å². The summed E-state index contributed by atoms with van der Waals surface area (Å²) in [7, 11) is -4.48. The van der Waals surface area contributed by atoms with E-state index in [1.165, 1.54) is 13.8 Å². The number of anilines is 1. The first-order valence-electron chi connectivity index (χ1n) is 12.7. The molecule has 0 fully saturated rings. The summed E-state index contributed by atoms with van der Waals surface area (Å²) in [5.74, 6) is 0.341. The highest BCUT2D eigenvalue weighted by Crippen LogP contribution is 2.57. The number of halogens is 1. The second kappa shape index (κ2) is 11.0. The Morgan fingerprint density at radius 2 is 1.75 bits per heavy atom. The summed E-state index contributed by atoms with van der Waals surface area (Å²) in [5.41, 5.74) is 3.89. The van der Waals surface area contributed by atoms with Gasteiger partial charge in [0.15, 0.2) is 0 Å². The number of oxazole rings is 1. The average molecular weight is 579 g/mol. The van der Waals surface area contributed by atoms with Crippen molar-refractivity contribution in [2.24, 2.45) is 0 Å². The minimum atomic E-state index is -4.48. The number of rotatable bonds is 9. The van der Waals surface area contributed by atoms with E-state index in [2.05, 4.69) is 10.3 Å². The lowest BCUT2D eigenvalue weighted by Gasteiger charge is -2.28. The topological polar surface area (TPSA) is 130 Å². The van der Waals surface area contributed by atoms with Gasteiger partial charge in [-0.05, 0) is 56.2 Å². The first-order chi connectivity index (χ1) is 19.0. The molecule has 0 aliphatic rings. The Morgan fingerprint density at radius 3 is 2.50 bits per heavy atom. The van der Waals surface area contributed by atoms with Crippen LogP contribution in [0.3, 0.4) is 0 Å². The predicted molar refractivity (Wildman–Crippen MR) is 155 cm³/mol. The number of imidazole rings is 1. The van der Waals surface area contributed by atoms with Gasteiger partial charge in [-0.2, -0.15) is 4.98 Å². The highest BCUT2D eigenvalue weighted by Gasteiger charge is 2.41. The van der Waals surface area contributed by atoms with Crippen LogP contribution in [0.15, 0.2) is 83.5 Å². The number of benzene rings is 3. The molecule has 0 saturated carbocycles. The van der Waals surface area contributed by atoms with Crippen molar-refractivity contribution in [3.05, 3.63) is 95.5 Å². The van der Waals surface area contributed by atoms with Gasteiger partial charge in [-0.1, -0.05) is 54.1 Å². The van der Waals surface area contributed by atoms with Crippen molar-refractivity contribution < 1.29 is 23.6 Å². The Morgan fingerprint density at radius 1 is 1.05 bits per heavy atom. The molecule has 5 aromatic rings. The molecule has 1 amide bonds. The summed E-state index contributed by atoms with van der Waals surface area (Å²) in [4.78, 5) is 41.8. The zero-order valence-corrected chi connectivity index (χ0v) is 23.6. The smallest absolute Gasteiger partial charge is 0.335 e. The van der Waals surface area contributed by atoms with E-state index in [0.717, 1.165) is 16.6 Å². The molecule has 206 valence electrons. The maximum Gasteiger partial charge on any atom is 0.335 e. The molecule has 0 bridgehead atoms. The number of nitrogens with zero attached hydrogens (tertiary/aromatic N) is 3. The van der Waals surface area contributed by atoms with E-state index in [-0.39, 0.29) is 12.3 Å². The molecule has 40 heavy (non-hydrogen) atoms. The second-order valence-electron chi connectivity index (χ2n) is 9.93. The molecule has 2 aromatic heterocycles. The van der Waals surface area contributed by atoms with Gasteiger partial charge in [0.1, 0.15) is 17.8 Å². The van der Waals surface area contributed by atoms with Gasteiger partial charge >= 0.3 is 13.6 Å². The summed E-state index contributed by atoms with van der Waals surface area (Å²) in [6.07, 6.45) is 2.71. The van der Waals surface area contributed by atoms with E-state index in [4.69, 9.17) is 21.0 Å². The van der Waals surface area contributed by atoms with Gasteiger partial charge in [-0.15, -0.1) is 0 Å². The molecule has 3 aromatic carbocycles. The van der Waals surface area contributed by atoms with Crippen LogP contribution in [0.25, 0.3) is 28.3 Å². The third-order valence-corrected chi connectivity index (χ3v) is 8.81. The Hall–Kier alpha value is -3.75. The lowest BCUT2D eigenvalue weighted by molar-refractivity contribution is -0.116. The standard InChI is InChI=1S/C29H28ClN4O5P/c1-29(2,40(36,37)38)21-8-3-4-9-22(21)32-26(35)13-7-12-25-27(19-14-16-20(30)17-15-19)33-28(39-25)34-18-31-23-10-5-6-11-24(23)34/h3-6,8-11,14-18H,7,12-13H2,1-2H3,(H,32,35)(H2,36,37,38). The van der Waals surface area contributed by atoms with Gasteiger partial charge in [0.05, 0.1) is 16.2 Å². The third-order valence-electron chi connectivity index (χ3n) is 6.86. The summed E-state index contributed by atoms with van der Waals surface area (Å²) in [5, 5.41) is 1.96. The van der Waals surface area contributed by atoms with Crippen molar-refractivity contribution in [2.45, 2.75) is 38.3 Å².